The highest BCUT2D eigenvalue weighted by molar-refractivity contribution is 7.99. The number of rotatable bonds is 4. The standard InChI is InChI=1S/C17H23N3O3S/c21-16(20-6-9-24-10-7-20)11-13-1-3-14(4-2-13)19-17(22)15-12-18-5-8-23-15/h1-4,15,18H,5-12H2,(H,19,22). The van der Waals surface area contributed by atoms with Crippen LogP contribution in [0.4, 0.5) is 5.69 Å². The average Bonchev–Trinajstić information content (AvgIpc) is 2.65. The van der Waals surface area contributed by atoms with Gasteiger partial charge in [-0.05, 0) is 17.7 Å². The average molecular weight is 349 g/mol. The van der Waals surface area contributed by atoms with Crippen LogP contribution in [-0.2, 0) is 20.7 Å². The summed E-state index contributed by atoms with van der Waals surface area (Å²) in [4.78, 5) is 26.3. The van der Waals surface area contributed by atoms with Crippen LogP contribution in [0.5, 0.6) is 0 Å². The summed E-state index contributed by atoms with van der Waals surface area (Å²) in [5.74, 6) is 2.08. The Labute approximate surface area is 146 Å². The maximum Gasteiger partial charge on any atom is 0.254 e. The lowest BCUT2D eigenvalue weighted by Crippen LogP contribution is -2.45. The van der Waals surface area contributed by atoms with Gasteiger partial charge in [-0.3, -0.25) is 9.59 Å². The second-order valence-electron chi connectivity index (χ2n) is 5.92. The highest BCUT2D eigenvalue weighted by Crippen LogP contribution is 2.14. The number of benzene rings is 1. The van der Waals surface area contributed by atoms with E-state index in [9.17, 15) is 9.59 Å². The maximum absolute atomic E-state index is 12.3. The number of nitrogens with zero attached hydrogens (tertiary/aromatic N) is 1. The SMILES string of the molecule is O=C(Nc1ccc(CC(=O)N2CCSCC2)cc1)C1CNCCO1. The normalized spacial score (nSPS) is 21.3. The van der Waals surface area contributed by atoms with Gasteiger partial charge in [-0.1, -0.05) is 12.1 Å². The van der Waals surface area contributed by atoms with Crippen molar-refractivity contribution in [1.29, 1.82) is 0 Å². The minimum Gasteiger partial charge on any atom is -0.366 e. The Morgan fingerprint density at radius 1 is 1.25 bits per heavy atom. The molecule has 2 amide bonds. The topological polar surface area (TPSA) is 70.7 Å². The molecule has 2 aliphatic heterocycles. The largest absolute Gasteiger partial charge is 0.366 e. The van der Waals surface area contributed by atoms with Gasteiger partial charge in [0.1, 0.15) is 6.10 Å². The molecule has 2 aliphatic rings. The number of ether oxygens (including phenoxy) is 1. The van der Waals surface area contributed by atoms with E-state index in [-0.39, 0.29) is 11.8 Å². The molecular formula is C17H23N3O3S. The molecule has 2 saturated heterocycles. The van der Waals surface area contributed by atoms with E-state index in [0.29, 0.717) is 19.6 Å². The predicted octanol–water partition coefficient (Wildman–Crippen LogP) is 0.731. The van der Waals surface area contributed by atoms with Gasteiger partial charge in [0.25, 0.3) is 5.91 Å². The molecule has 0 radical (unpaired) electrons. The van der Waals surface area contributed by atoms with Gasteiger partial charge >= 0.3 is 0 Å². The monoisotopic (exact) mass is 349 g/mol. The third kappa shape index (κ3) is 4.72. The number of hydrogen-bond donors (Lipinski definition) is 2. The molecule has 0 bridgehead atoms. The molecule has 0 aromatic heterocycles. The third-order valence-corrected chi connectivity index (χ3v) is 5.10. The summed E-state index contributed by atoms with van der Waals surface area (Å²) >= 11 is 1.89. The minimum absolute atomic E-state index is 0.142. The first-order valence-corrected chi connectivity index (χ1v) is 9.45. The molecule has 3 rings (SSSR count). The van der Waals surface area contributed by atoms with E-state index in [0.717, 1.165) is 42.4 Å². The van der Waals surface area contributed by atoms with Crippen molar-refractivity contribution in [3.05, 3.63) is 29.8 Å². The van der Waals surface area contributed by atoms with Crippen LogP contribution in [0.15, 0.2) is 24.3 Å². The summed E-state index contributed by atoms with van der Waals surface area (Å²) in [6.07, 6.45) is -0.0360. The molecule has 0 aliphatic carbocycles. The summed E-state index contributed by atoms with van der Waals surface area (Å²) in [6.45, 7) is 3.54. The van der Waals surface area contributed by atoms with Crippen LogP contribution in [-0.4, -0.2) is 67.1 Å². The first-order chi connectivity index (χ1) is 11.7. The summed E-state index contributed by atoms with van der Waals surface area (Å²) < 4.78 is 5.43. The Balaban J connectivity index is 1.51. The lowest BCUT2D eigenvalue weighted by molar-refractivity contribution is -0.130. The summed E-state index contributed by atoms with van der Waals surface area (Å²) in [7, 11) is 0. The molecule has 2 heterocycles. The van der Waals surface area contributed by atoms with Crippen LogP contribution in [0.2, 0.25) is 0 Å². The lowest BCUT2D eigenvalue weighted by Gasteiger charge is -2.26. The van der Waals surface area contributed by atoms with Gasteiger partial charge in [-0.15, -0.1) is 0 Å². The van der Waals surface area contributed by atoms with Gasteiger partial charge in [0, 0.05) is 43.4 Å². The maximum atomic E-state index is 12.3. The van der Waals surface area contributed by atoms with E-state index in [1.807, 2.05) is 40.9 Å². The zero-order valence-corrected chi connectivity index (χ0v) is 14.4. The fourth-order valence-electron chi connectivity index (χ4n) is 2.76. The highest BCUT2D eigenvalue weighted by atomic mass is 32.2. The van der Waals surface area contributed by atoms with Gasteiger partial charge in [-0.2, -0.15) is 11.8 Å². The van der Waals surface area contributed by atoms with Crippen molar-refractivity contribution < 1.29 is 14.3 Å². The molecular weight excluding hydrogens is 326 g/mol. The quantitative estimate of drug-likeness (QED) is 0.839. The summed E-state index contributed by atoms with van der Waals surface area (Å²) in [5, 5.41) is 5.99. The number of carbonyl (C=O) groups excluding carboxylic acids is 2. The van der Waals surface area contributed by atoms with Crippen LogP contribution in [0.1, 0.15) is 5.56 Å². The number of thioether (sulfide) groups is 1. The number of anilines is 1. The lowest BCUT2D eigenvalue weighted by atomic mass is 10.1. The molecule has 130 valence electrons. The molecule has 6 nitrogen and oxygen atoms in total. The Bertz CT molecular complexity index is 516. The van der Waals surface area contributed by atoms with Crippen molar-refractivity contribution in [3.63, 3.8) is 0 Å². The van der Waals surface area contributed by atoms with Gasteiger partial charge in [0.2, 0.25) is 5.91 Å². The number of nitrogens with one attached hydrogen (secondary N) is 2. The van der Waals surface area contributed by atoms with E-state index in [4.69, 9.17) is 4.74 Å². The second-order valence-corrected chi connectivity index (χ2v) is 7.14. The van der Waals surface area contributed by atoms with Crippen LogP contribution in [0.3, 0.4) is 0 Å². The molecule has 1 atom stereocenters. The Hall–Kier alpha value is -1.57. The Kier molecular flexibility index (Phi) is 6.12. The predicted molar refractivity (Wildman–Crippen MR) is 95.3 cm³/mol. The number of carbonyl (C=O) groups is 2. The van der Waals surface area contributed by atoms with E-state index < -0.39 is 6.10 Å². The molecule has 0 saturated carbocycles. The molecule has 1 aromatic rings. The summed E-state index contributed by atoms with van der Waals surface area (Å²) in [6, 6.07) is 7.46. The van der Waals surface area contributed by atoms with Crippen LogP contribution >= 0.6 is 11.8 Å². The molecule has 24 heavy (non-hydrogen) atoms. The van der Waals surface area contributed by atoms with E-state index in [1.165, 1.54) is 0 Å². The van der Waals surface area contributed by atoms with Crippen molar-refractivity contribution >= 4 is 29.3 Å². The van der Waals surface area contributed by atoms with Gasteiger partial charge in [0.15, 0.2) is 0 Å². The first kappa shape index (κ1) is 17.3. The van der Waals surface area contributed by atoms with E-state index >= 15 is 0 Å². The second kappa shape index (κ2) is 8.50. The third-order valence-electron chi connectivity index (χ3n) is 4.16. The minimum atomic E-state index is -0.447. The van der Waals surface area contributed by atoms with Gasteiger partial charge in [-0.25, -0.2) is 0 Å². The van der Waals surface area contributed by atoms with E-state index in [1.54, 1.807) is 0 Å². The molecule has 0 spiro atoms. The van der Waals surface area contributed by atoms with Gasteiger partial charge in [0.05, 0.1) is 13.0 Å². The number of amides is 2. The van der Waals surface area contributed by atoms with Gasteiger partial charge < -0.3 is 20.3 Å². The van der Waals surface area contributed by atoms with Crippen molar-refractivity contribution in [3.8, 4) is 0 Å². The molecule has 2 N–H and O–H groups in total. The van der Waals surface area contributed by atoms with Crippen molar-refractivity contribution in [1.82, 2.24) is 10.2 Å². The molecule has 7 heteroatoms. The van der Waals surface area contributed by atoms with Crippen molar-refractivity contribution in [2.45, 2.75) is 12.5 Å². The highest BCUT2D eigenvalue weighted by Gasteiger charge is 2.21. The van der Waals surface area contributed by atoms with Crippen molar-refractivity contribution in [2.24, 2.45) is 0 Å². The van der Waals surface area contributed by atoms with Crippen molar-refractivity contribution in [2.75, 3.05) is 49.6 Å². The molecule has 1 aromatic carbocycles. The van der Waals surface area contributed by atoms with E-state index in [2.05, 4.69) is 10.6 Å². The Morgan fingerprint density at radius 2 is 2.00 bits per heavy atom. The van der Waals surface area contributed by atoms with Crippen LogP contribution < -0.4 is 10.6 Å². The first-order valence-electron chi connectivity index (χ1n) is 8.30. The molecule has 2 fully saturated rings. The Morgan fingerprint density at radius 3 is 2.67 bits per heavy atom. The van der Waals surface area contributed by atoms with Crippen LogP contribution in [0.25, 0.3) is 0 Å². The zero-order chi connectivity index (χ0) is 16.8. The number of hydrogen-bond acceptors (Lipinski definition) is 5. The molecule has 1 unspecified atom stereocenters. The summed E-state index contributed by atoms with van der Waals surface area (Å²) in [5.41, 5.74) is 1.69. The smallest absolute Gasteiger partial charge is 0.254 e. The zero-order valence-electron chi connectivity index (χ0n) is 13.6. The fraction of sp³-hybridized carbons (Fsp3) is 0.529. The number of morpholine rings is 1. The fourth-order valence-corrected chi connectivity index (χ4v) is 3.66. The van der Waals surface area contributed by atoms with Crippen LogP contribution in [0, 0.1) is 0 Å².